The Bertz CT molecular complexity index is 1000. The maximum absolute atomic E-state index is 12.3. The van der Waals surface area contributed by atoms with Crippen LogP contribution in [0.1, 0.15) is 29.9 Å². The molecule has 11 heteroatoms. The highest BCUT2D eigenvalue weighted by atomic mass is 32.2. The summed E-state index contributed by atoms with van der Waals surface area (Å²) in [6.07, 6.45) is 2.77. The topological polar surface area (TPSA) is 149 Å². The number of carbonyl (C=O) groups is 1. The van der Waals surface area contributed by atoms with Crippen LogP contribution in [0.15, 0.2) is 41.2 Å². The highest BCUT2D eigenvalue weighted by Crippen LogP contribution is 2.30. The lowest BCUT2D eigenvalue weighted by atomic mass is 10.1. The maximum atomic E-state index is 12.3. The van der Waals surface area contributed by atoms with Crippen LogP contribution in [0.3, 0.4) is 0 Å². The Morgan fingerprint density at radius 3 is 2.81 bits per heavy atom. The molecule has 142 valence electrons. The molecule has 1 aliphatic rings. The number of carbonyl (C=O) groups excluding carboxylic acids is 1. The number of anilines is 1. The number of ether oxygens (including phenoxy) is 1. The van der Waals surface area contributed by atoms with E-state index in [-0.39, 0.29) is 29.7 Å². The van der Waals surface area contributed by atoms with E-state index in [1.54, 1.807) is 32.0 Å². The third-order valence-corrected chi connectivity index (χ3v) is 4.51. The van der Waals surface area contributed by atoms with Crippen molar-refractivity contribution in [1.82, 2.24) is 15.3 Å². The molecule has 1 aromatic carbocycles. The summed E-state index contributed by atoms with van der Waals surface area (Å²) < 4.78 is 34.8. The Balaban J connectivity index is 1.75. The molecule has 0 radical (unpaired) electrons. The number of nitrogens with two attached hydrogens (primary N) is 1. The van der Waals surface area contributed by atoms with Crippen molar-refractivity contribution in [1.29, 1.82) is 0 Å². The third-order valence-electron chi connectivity index (χ3n) is 3.59. The Morgan fingerprint density at radius 2 is 2.11 bits per heavy atom. The second-order valence-corrected chi connectivity index (χ2v) is 7.79. The first-order valence-corrected chi connectivity index (χ1v) is 9.34. The maximum Gasteiger partial charge on any atom is 0.344 e. The lowest BCUT2D eigenvalue weighted by Gasteiger charge is -2.27. The molecule has 2 heterocycles. The van der Waals surface area contributed by atoms with Crippen molar-refractivity contribution in [2.45, 2.75) is 19.4 Å². The molecule has 0 atom stereocenters. The van der Waals surface area contributed by atoms with Gasteiger partial charge in [-0.3, -0.25) is 9.52 Å². The van der Waals surface area contributed by atoms with Gasteiger partial charge in [-0.1, -0.05) is 6.07 Å². The van der Waals surface area contributed by atoms with E-state index in [0.717, 1.165) is 0 Å². The number of amidine groups is 1. The molecular weight excluding hydrogens is 372 g/mol. The number of aromatic nitrogens is 2. The predicted octanol–water partition coefficient (Wildman–Crippen LogP) is 0.440. The van der Waals surface area contributed by atoms with Crippen LogP contribution in [0.5, 0.6) is 5.75 Å². The van der Waals surface area contributed by atoms with Crippen molar-refractivity contribution in [2.75, 3.05) is 11.3 Å². The molecular formula is C16H18N6O4S. The highest BCUT2D eigenvalue weighted by molar-refractivity contribution is 7.91. The van der Waals surface area contributed by atoms with Gasteiger partial charge in [0.05, 0.1) is 16.8 Å². The van der Waals surface area contributed by atoms with E-state index in [9.17, 15) is 13.2 Å². The van der Waals surface area contributed by atoms with E-state index in [0.29, 0.717) is 11.3 Å². The fourth-order valence-electron chi connectivity index (χ4n) is 2.43. The van der Waals surface area contributed by atoms with Crippen LogP contribution in [0.25, 0.3) is 0 Å². The monoisotopic (exact) mass is 390 g/mol. The van der Waals surface area contributed by atoms with Crippen molar-refractivity contribution < 1.29 is 17.9 Å². The van der Waals surface area contributed by atoms with Gasteiger partial charge in [-0.2, -0.15) is 8.42 Å². The van der Waals surface area contributed by atoms with Crippen LogP contribution >= 0.6 is 0 Å². The summed E-state index contributed by atoms with van der Waals surface area (Å²) in [6, 6.07) is 6.33. The number of nitrogens with zero attached hydrogens (tertiary/aromatic N) is 3. The van der Waals surface area contributed by atoms with E-state index in [1.165, 1.54) is 18.6 Å². The lowest BCUT2D eigenvalue weighted by Crippen LogP contribution is -2.48. The van der Waals surface area contributed by atoms with Gasteiger partial charge in [0.15, 0.2) is 5.84 Å². The number of nitrogens with one attached hydrogen (secondary N) is 2. The van der Waals surface area contributed by atoms with Crippen molar-refractivity contribution in [2.24, 2.45) is 10.1 Å². The Kier molecular flexibility index (Phi) is 4.70. The average Bonchev–Trinajstić information content (AvgIpc) is 2.59. The summed E-state index contributed by atoms with van der Waals surface area (Å²) >= 11 is 0. The van der Waals surface area contributed by atoms with Crippen LogP contribution in [-0.2, 0) is 10.2 Å². The fraction of sp³-hybridized carbons (Fsp3) is 0.250. The standard InChI is InChI=1S/C16H18N6O4S/c1-16(2,20-15(23)11-6-7-18-9-19-11)8-26-12-5-3-4-10-13(12)14(17)22-27(24,25)21-10/h3-7,9,21H,8H2,1-2H3,(H2,17,22)(H,20,23). The van der Waals surface area contributed by atoms with Crippen LogP contribution in [-0.4, -0.2) is 42.3 Å². The molecule has 1 aliphatic heterocycles. The molecule has 0 spiro atoms. The summed E-state index contributed by atoms with van der Waals surface area (Å²) in [5, 5.41) is 2.82. The van der Waals surface area contributed by atoms with Gasteiger partial charge in [-0.15, -0.1) is 4.40 Å². The van der Waals surface area contributed by atoms with Crippen molar-refractivity contribution in [3.8, 4) is 5.75 Å². The molecule has 0 bridgehead atoms. The third kappa shape index (κ3) is 4.31. The molecule has 0 fully saturated rings. The number of rotatable bonds is 5. The molecule has 0 saturated heterocycles. The molecule has 10 nitrogen and oxygen atoms in total. The van der Waals surface area contributed by atoms with Crippen molar-refractivity contribution >= 4 is 27.6 Å². The zero-order chi connectivity index (χ0) is 19.7. The van der Waals surface area contributed by atoms with Crippen LogP contribution in [0.4, 0.5) is 5.69 Å². The molecule has 0 aliphatic carbocycles. The molecule has 1 amide bonds. The number of hydrogen-bond donors (Lipinski definition) is 3. The first-order chi connectivity index (χ1) is 12.7. The molecule has 0 unspecified atom stereocenters. The van der Waals surface area contributed by atoms with Gasteiger partial charge in [0.25, 0.3) is 5.91 Å². The molecule has 4 N–H and O–H groups in total. The van der Waals surface area contributed by atoms with Crippen molar-refractivity contribution in [3.63, 3.8) is 0 Å². The van der Waals surface area contributed by atoms with Gasteiger partial charge in [0.1, 0.15) is 24.4 Å². The summed E-state index contributed by atoms with van der Waals surface area (Å²) in [4.78, 5) is 19.9. The minimum absolute atomic E-state index is 0.0975. The van der Waals surface area contributed by atoms with E-state index < -0.39 is 15.7 Å². The Hall–Kier alpha value is -3.21. The van der Waals surface area contributed by atoms with Crippen LogP contribution in [0.2, 0.25) is 0 Å². The van der Waals surface area contributed by atoms with Gasteiger partial charge < -0.3 is 15.8 Å². The highest BCUT2D eigenvalue weighted by Gasteiger charge is 2.27. The van der Waals surface area contributed by atoms with Crippen molar-refractivity contribution in [3.05, 3.63) is 48.0 Å². The smallest absolute Gasteiger partial charge is 0.344 e. The molecule has 2 aromatic rings. The van der Waals surface area contributed by atoms with E-state index in [2.05, 4.69) is 24.4 Å². The second-order valence-electron chi connectivity index (χ2n) is 6.45. The second kappa shape index (κ2) is 6.83. The molecule has 1 aromatic heterocycles. The van der Waals surface area contributed by atoms with E-state index >= 15 is 0 Å². The molecule has 3 rings (SSSR count). The number of hydrogen-bond acceptors (Lipinski definition) is 7. The normalized spacial score (nSPS) is 15.1. The zero-order valence-corrected chi connectivity index (χ0v) is 15.4. The summed E-state index contributed by atoms with van der Waals surface area (Å²) in [5.41, 5.74) is 5.91. The fourth-order valence-corrected chi connectivity index (χ4v) is 3.27. The lowest BCUT2D eigenvalue weighted by molar-refractivity contribution is 0.0875. The van der Waals surface area contributed by atoms with Gasteiger partial charge in [0, 0.05) is 6.20 Å². The minimum atomic E-state index is -3.86. The largest absolute Gasteiger partial charge is 0.490 e. The average molecular weight is 390 g/mol. The SMILES string of the molecule is CC(C)(COc1cccc2c1C(N)=NS(=O)(=O)N2)NC(=O)c1ccncn1. The van der Waals surface area contributed by atoms with Gasteiger partial charge >= 0.3 is 10.2 Å². The Labute approximate surface area is 156 Å². The molecule has 0 saturated carbocycles. The predicted molar refractivity (Wildman–Crippen MR) is 98.8 cm³/mol. The van der Waals surface area contributed by atoms with E-state index in [4.69, 9.17) is 10.5 Å². The summed E-state index contributed by atoms with van der Waals surface area (Å²) in [5.74, 6) is -0.183. The Morgan fingerprint density at radius 1 is 1.33 bits per heavy atom. The first-order valence-electron chi connectivity index (χ1n) is 7.90. The van der Waals surface area contributed by atoms with Gasteiger partial charge in [-0.25, -0.2) is 9.97 Å². The quantitative estimate of drug-likeness (QED) is 0.670. The summed E-state index contributed by atoms with van der Waals surface area (Å²) in [7, 11) is -3.86. The number of amides is 1. The minimum Gasteiger partial charge on any atom is -0.490 e. The van der Waals surface area contributed by atoms with Gasteiger partial charge in [-0.05, 0) is 32.0 Å². The van der Waals surface area contributed by atoms with E-state index in [1.807, 2.05) is 0 Å². The van der Waals surface area contributed by atoms with Crippen LogP contribution < -0.4 is 20.5 Å². The number of fused-ring (bicyclic) bond motifs is 1. The van der Waals surface area contributed by atoms with Gasteiger partial charge in [0.2, 0.25) is 0 Å². The zero-order valence-electron chi connectivity index (χ0n) is 14.6. The first kappa shape index (κ1) is 18.6. The van der Waals surface area contributed by atoms with Crippen LogP contribution in [0, 0.1) is 0 Å². The molecule has 27 heavy (non-hydrogen) atoms. The summed E-state index contributed by atoms with van der Waals surface area (Å²) in [6.45, 7) is 3.66. The number of benzene rings is 1.